The molecule has 91 heavy (non-hydrogen) atoms. The highest BCUT2D eigenvalue weighted by molar-refractivity contribution is 5.88. The molecule has 462 valence electrons. The molecule has 1 spiro atoms. The Labute approximate surface area is 524 Å². The van der Waals surface area contributed by atoms with Gasteiger partial charge in [-0.15, -0.1) is 0 Å². The van der Waals surface area contributed by atoms with Gasteiger partial charge >= 0.3 is 18.0 Å². The van der Waals surface area contributed by atoms with E-state index in [1.807, 2.05) is 51.1 Å². The van der Waals surface area contributed by atoms with Gasteiger partial charge in [-0.2, -0.15) is 29.9 Å². The highest BCUT2D eigenvalue weighted by Gasteiger charge is 2.56. The van der Waals surface area contributed by atoms with Gasteiger partial charge in [-0.3, -0.25) is 15.0 Å². The van der Waals surface area contributed by atoms with E-state index in [-0.39, 0.29) is 41.0 Å². The molecule has 6 aromatic heterocycles. The van der Waals surface area contributed by atoms with Gasteiger partial charge in [0.25, 0.3) is 0 Å². The number of pyridine rings is 3. The number of hydrogen-bond acceptors (Lipinski definition) is 18. The lowest BCUT2D eigenvalue weighted by molar-refractivity contribution is 0.194. The van der Waals surface area contributed by atoms with Crippen LogP contribution in [0.3, 0.4) is 0 Å². The smallest absolute Gasteiger partial charge is 0.324 e. The quantitative estimate of drug-likeness (QED) is 0.116. The van der Waals surface area contributed by atoms with E-state index in [0.717, 1.165) is 172 Å². The van der Waals surface area contributed by atoms with E-state index in [1.165, 1.54) is 0 Å². The van der Waals surface area contributed by atoms with E-state index in [9.17, 15) is 13.2 Å². The van der Waals surface area contributed by atoms with Crippen molar-refractivity contribution in [2.75, 3.05) is 54.0 Å². The van der Waals surface area contributed by atoms with Crippen LogP contribution in [0.15, 0.2) is 104 Å². The van der Waals surface area contributed by atoms with Crippen LogP contribution in [0.2, 0.25) is 0 Å². The Morgan fingerprint density at radius 3 is 1.48 bits per heavy atom. The molecule has 18 rings (SSSR count). The standard InChI is InChI=1S/2C24H24FN5O.C22H20FN5O/c1-13-7-15(25)8-18-17(13)9-19-21(18)22(30-11-20(26)24(12-30)5-6-24)29-23(28-19)31-16-4-3-14(2)27-10-16;1-2-13-6-15(25)8-18-17(13)9-21-22(18)23(30-11-14-7-20(26)19(14)12-30)29-24(28-21)31-16-4-3-5-27-10-16;1-11-5-12(23)6-15-14(11)7-18-19(15)21(28-9-16-17(10-28)20(16)24)27-22(26-18)29-13-3-2-4-25-8-13/h3-4,7-8,10,20H,5-6,9,11-12,26H2,1-2H3;3-6,8,10,14,19-20H,2,7,9,11-12,26H2,1H3;2-6,8,16-17,20H,7,9-10,24H2,1H3/t20-;;/m1../s1. The minimum absolute atomic E-state index is 0.124. The van der Waals surface area contributed by atoms with Crippen molar-refractivity contribution in [3.63, 3.8) is 0 Å². The summed E-state index contributed by atoms with van der Waals surface area (Å²) in [7, 11) is 0. The Morgan fingerprint density at radius 2 is 1.02 bits per heavy atom. The number of benzene rings is 3. The summed E-state index contributed by atoms with van der Waals surface area (Å²) < 4.78 is 60.8. The second-order valence-corrected chi connectivity index (χ2v) is 26.1. The molecular weight excluding hydrogens is 1160 g/mol. The second kappa shape index (κ2) is 22.0. The van der Waals surface area contributed by atoms with E-state index >= 15 is 0 Å². The Morgan fingerprint density at radius 1 is 0.538 bits per heavy atom. The summed E-state index contributed by atoms with van der Waals surface area (Å²) in [5, 5.41) is 0. The van der Waals surface area contributed by atoms with E-state index < -0.39 is 0 Å². The van der Waals surface area contributed by atoms with Gasteiger partial charge in [-0.25, -0.2) is 13.2 Å². The highest BCUT2D eigenvalue weighted by atomic mass is 19.1. The van der Waals surface area contributed by atoms with Crippen molar-refractivity contribution < 1.29 is 27.4 Å². The van der Waals surface area contributed by atoms with Gasteiger partial charge in [-0.05, 0) is 193 Å². The molecule has 3 saturated carbocycles. The van der Waals surface area contributed by atoms with Gasteiger partial charge in [-0.1, -0.05) is 6.92 Å². The van der Waals surface area contributed by atoms with Crippen LogP contribution in [0.1, 0.15) is 82.3 Å². The van der Waals surface area contributed by atoms with Crippen molar-refractivity contribution >= 4 is 17.5 Å². The minimum atomic E-state index is -0.238. The molecule has 21 heteroatoms. The van der Waals surface area contributed by atoms with Crippen molar-refractivity contribution in [1.82, 2.24) is 44.9 Å². The molecule has 6 aliphatic carbocycles. The maximum absolute atomic E-state index is 14.5. The normalized spacial score (nSPS) is 22.3. The number of aromatic nitrogens is 9. The number of ether oxygens (including phenoxy) is 3. The van der Waals surface area contributed by atoms with Crippen LogP contribution in [0, 0.1) is 67.3 Å². The van der Waals surface area contributed by atoms with Crippen LogP contribution in [0.5, 0.6) is 35.3 Å². The van der Waals surface area contributed by atoms with E-state index in [1.54, 1.807) is 73.4 Å². The highest BCUT2D eigenvalue weighted by Crippen LogP contribution is 2.55. The Balaban J connectivity index is 0.000000109. The predicted octanol–water partition coefficient (Wildman–Crippen LogP) is 10.7. The maximum atomic E-state index is 14.5. The van der Waals surface area contributed by atoms with Crippen molar-refractivity contribution in [2.24, 2.45) is 46.3 Å². The zero-order valence-electron chi connectivity index (χ0n) is 51.0. The van der Waals surface area contributed by atoms with Crippen molar-refractivity contribution in [3.8, 4) is 68.7 Å². The fourth-order valence-electron chi connectivity index (χ4n) is 15.2. The molecule has 3 saturated heterocycles. The minimum Gasteiger partial charge on any atom is -0.423 e. The third-order valence-electron chi connectivity index (χ3n) is 20.4. The first kappa shape index (κ1) is 57.0. The lowest BCUT2D eigenvalue weighted by atomic mass is 9.72. The van der Waals surface area contributed by atoms with Crippen LogP contribution in [0.4, 0.5) is 30.6 Å². The number of hydrogen-bond donors (Lipinski definition) is 3. The third-order valence-corrected chi connectivity index (χ3v) is 20.4. The number of piperidine rings is 1. The molecule has 0 bridgehead atoms. The summed E-state index contributed by atoms with van der Waals surface area (Å²) in [6, 6.07) is 22.2. The zero-order valence-corrected chi connectivity index (χ0v) is 51.0. The van der Waals surface area contributed by atoms with Crippen LogP contribution in [0.25, 0.3) is 33.4 Å². The number of anilines is 3. The first-order chi connectivity index (χ1) is 44.1. The summed E-state index contributed by atoms with van der Waals surface area (Å²) in [4.78, 5) is 47.8. The monoisotopic (exact) mass is 1220 g/mol. The summed E-state index contributed by atoms with van der Waals surface area (Å²) >= 11 is 0. The van der Waals surface area contributed by atoms with Crippen molar-refractivity contribution in [3.05, 3.63) is 177 Å². The van der Waals surface area contributed by atoms with Crippen LogP contribution in [-0.4, -0.2) is 102 Å². The summed E-state index contributed by atoms with van der Waals surface area (Å²) in [6.45, 7) is 13.0. The molecule has 6 atom stereocenters. The largest absolute Gasteiger partial charge is 0.423 e. The fourth-order valence-corrected chi connectivity index (χ4v) is 15.2. The maximum Gasteiger partial charge on any atom is 0.324 e. The number of nitrogens with zero attached hydrogens (tertiary/aromatic N) is 12. The van der Waals surface area contributed by atoms with Gasteiger partial charge in [0.15, 0.2) is 0 Å². The number of rotatable bonds is 10. The lowest BCUT2D eigenvalue weighted by Gasteiger charge is -2.36. The van der Waals surface area contributed by atoms with Crippen LogP contribution >= 0.6 is 0 Å². The first-order valence-electron chi connectivity index (χ1n) is 31.5. The molecule has 9 aliphatic rings. The molecule has 9 aromatic rings. The van der Waals surface area contributed by atoms with Crippen LogP contribution in [-0.2, 0) is 25.7 Å². The molecule has 0 radical (unpaired) electrons. The SMILES string of the molecule is CCc1cc(F)cc2c1Cc1nc(Oc3cccnc3)nc(N3CC4CC(N)C4C3)c1-2.Cc1cc(F)cc2c1Cc1nc(Oc3cccnc3)nc(N3CC4C(N)C4C3)c1-2.Cc1ccc(Oc2nc3c(c(N4C[C@@H](N)C5(CC5)C4)n2)-c2cc(F)cc(C)c2C3)cn1. The van der Waals surface area contributed by atoms with Crippen molar-refractivity contribution in [1.29, 1.82) is 0 Å². The Bertz CT molecular complexity index is 4380. The Kier molecular flexibility index (Phi) is 13.8. The number of halogens is 3. The summed E-state index contributed by atoms with van der Waals surface area (Å²) in [6.07, 6.45) is 14.4. The molecule has 18 nitrogen and oxygen atoms in total. The zero-order chi connectivity index (χ0) is 62.1. The molecule has 5 unspecified atom stereocenters. The summed E-state index contributed by atoms with van der Waals surface area (Å²) in [5.74, 6) is 5.64. The van der Waals surface area contributed by atoms with Crippen molar-refractivity contribution in [2.45, 2.75) is 90.8 Å². The number of nitrogens with two attached hydrogens (primary N) is 3. The number of fused-ring (bicyclic) bond motifs is 11. The van der Waals surface area contributed by atoms with E-state index in [0.29, 0.717) is 78.2 Å². The number of aryl methyl sites for hydroxylation is 4. The molecule has 6 fully saturated rings. The van der Waals surface area contributed by atoms with Gasteiger partial charge in [0.2, 0.25) is 0 Å². The topological polar surface area (TPSA) is 231 Å². The van der Waals surface area contributed by atoms with Gasteiger partial charge in [0.1, 0.15) is 52.2 Å². The third kappa shape index (κ3) is 10.3. The molecule has 0 amide bonds. The fraction of sp³-hybridized carbons (Fsp3) is 0.357. The average Bonchev–Trinajstić information content (AvgIpc) is 1.60. The molecule has 3 aromatic carbocycles. The van der Waals surface area contributed by atoms with Gasteiger partial charge in [0.05, 0.1) is 35.7 Å². The molecule has 3 aliphatic heterocycles. The van der Waals surface area contributed by atoms with Crippen LogP contribution < -0.4 is 46.1 Å². The van der Waals surface area contributed by atoms with Gasteiger partial charge < -0.3 is 46.1 Å². The summed E-state index contributed by atoms with van der Waals surface area (Å²) in [5.41, 5.74) is 34.3. The average molecular weight is 1220 g/mol. The van der Waals surface area contributed by atoms with E-state index in [4.69, 9.17) is 56.3 Å². The molecular formula is C70H68F3N15O3. The lowest BCUT2D eigenvalue weighted by Crippen LogP contribution is -2.46. The predicted molar refractivity (Wildman–Crippen MR) is 338 cm³/mol. The van der Waals surface area contributed by atoms with Gasteiger partial charge in [0, 0.05) is 117 Å². The first-order valence-corrected chi connectivity index (χ1v) is 31.5. The second-order valence-electron chi connectivity index (χ2n) is 26.1. The molecule has 9 heterocycles. The molecule has 6 N–H and O–H groups in total. The van der Waals surface area contributed by atoms with E-state index in [2.05, 4.69) is 41.6 Å². The Hall–Kier alpha value is -9.18.